The minimum absolute atomic E-state index is 0.0235. The molecule has 0 aromatic carbocycles. The van der Waals surface area contributed by atoms with E-state index in [1.807, 2.05) is 0 Å². The van der Waals surface area contributed by atoms with Crippen molar-refractivity contribution in [2.75, 3.05) is 191 Å². The number of aliphatic hydroxyl groups excluding tert-OH is 10. The van der Waals surface area contributed by atoms with Crippen molar-refractivity contribution in [3.8, 4) is 0 Å². The summed E-state index contributed by atoms with van der Waals surface area (Å²) in [4.78, 5) is 11.7. The van der Waals surface area contributed by atoms with E-state index in [0.29, 0.717) is 132 Å². The van der Waals surface area contributed by atoms with Crippen LogP contribution in [0.25, 0.3) is 0 Å². The van der Waals surface area contributed by atoms with Gasteiger partial charge in [-0.15, -0.1) is 0 Å². The summed E-state index contributed by atoms with van der Waals surface area (Å²) in [6, 6.07) is 0. The van der Waals surface area contributed by atoms with Crippen LogP contribution in [-0.2, 0) is 61.6 Å². The lowest BCUT2D eigenvalue weighted by Crippen LogP contribution is -2.53. The van der Waals surface area contributed by atoms with Gasteiger partial charge in [0.1, 0.15) is 36.6 Å². The molecule has 0 aliphatic rings. The SMILES string of the molecule is O=C(O)CCOCCOCCOCCOCCOCCOCCOCCOCCOCCOCCOCCOCCN(C[C@@H](O)[C@H](O)[C@@H](O)[C@@H](O)CO)C[C@@H](O)[C@H](O)[C@@H](O)[C@@H](O)CO. The molecule has 0 aromatic heterocycles. The van der Waals surface area contributed by atoms with Gasteiger partial charge in [0.05, 0.1) is 190 Å². The summed E-state index contributed by atoms with van der Waals surface area (Å²) in [5.74, 6) is -0.893. The van der Waals surface area contributed by atoms with Crippen molar-refractivity contribution in [2.24, 2.45) is 0 Å². The number of aliphatic carboxylic acids is 1. The van der Waals surface area contributed by atoms with E-state index in [4.69, 9.17) is 72.2 Å². The molecule has 0 bridgehead atoms. The quantitative estimate of drug-likeness (QED) is 0.0253. The first kappa shape index (κ1) is 62.5. The van der Waals surface area contributed by atoms with Gasteiger partial charge in [0.25, 0.3) is 0 Å². The van der Waals surface area contributed by atoms with Crippen molar-refractivity contribution in [1.82, 2.24) is 4.90 Å². The highest BCUT2D eigenvalue weighted by atomic mass is 16.6. The number of rotatable bonds is 51. The van der Waals surface area contributed by atoms with Gasteiger partial charge in [-0.1, -0.05) is 0 Å². The van der Waals surface area contributed by atoms with Crippen LogP contribution in [0.15, 0.2) is 0 Å². The zero-order chi connectivity index (χ0) is 47.5. The predicted octanol–water partition coefficient (Wildman–Crippen LogP) is -6.17. The molecule has 0 radical (unpaired) electrons. The molecule has 0 saturated heterocycles. The summed E-state index contributed by atoms with van der Waals surface area (Å²) in [5, 5.41) is 107. The zero-order valence-electron chi connectivity index (χ0n) is 37.0. The van der Waals surface area contributed by atoms with Crippen LogP contribution < -0.4 is 0 Å². The molecule has 0 amide bonds. The van der Waals surface area contributed by atoms with Crippen molar-refractivity contribution >= 4 is 5.97 Å². The fourth-order valence-electron chi connectivity index (χ4n) is 5.00. The topological polar surface area (TPSA) is 354 Å². The monoisotopic (exact) mass is 945 g/mol. The predicted molar refractivity (Wildman–Crippen MR) is 221 cm³/mol. The Morgan fingerprint density at radius 2 is 0.531 bits per heavy atom. The minimum Gasteiger partial charge on any atom is -0.481 e. The van der Waals surface area contributed by atoms with Crippen molar-refractivity contribution in [3.05, 3.63) is 0 Å². The second-order valence-corrected chi connectivity index (χ2v) is 13.8. The van der Waals surface area contributed by atoms with Crippen molar-refractivity contribution < 1.29 is 118 Å². The van der Waals surface area contributed by atoms with Crippen molar-refractivity contribution in [1.29, 1.82) is 0 Å². The molecule has 64 heavy (non-hydrogen) atoms. The Kier molecular flexibility index (Phi) is 44.3. The van der Waals surface area contributed by atoms with Gasteiger partial charge in [-0.25, -0.2) is 0 Å². The number of carboxylic acids is 1. The summed E-state index contributed by atoms with van der Waals surface area (Å²) < 4.78 is 65.0. The highest BCUT2D eigenvalue weighted by Gasteiger charge is 2.34. The fraction of sp³-hybridized carbons (Fsp3) is 0.974. The number of ether oxygens (including phenoxy) is 12. The Bertz CT molecular complexity index is 968. The smallest absolute Gasteiger partial charge is 0.305 e. The van der Waals surface area contributed by atoms with Gasteiger partial charge in [0.15, 0.2) is 0 Å². The average Bonchev–Trinajstić information content (AvgIpc) is 3.29. The lowest BCUT2D eigenvalue weighted by molar-refractivity contribution is -0.138. The zero-order valence-corrected chi connectivity index (χ0v) is 37.0. The van der Waals surface area contributed by atoms with E-state index in [0.717, 1.165) is 0 Å². The number of hydrogen-bond acceptors (Lipinski definition) is 24. The minimum atomic E-state index is -1.88. The maximum absolute atomic E-state index is 10.4. The van der Waals surface area contributed by atoms with Gasteiger partial charge in [-0.05, 0) is 0 Å². The molecule has 0 fully saturated rings. The molecule has 0 saturated carbocycles. The first-order valence-corrected chi connectivity index (χ1v) is 21.5. The first-order valence-electron chi connectivity index (χ1n) is 21.5. The third-order valence-corrected chi connectivity index (χ3v) is 8.65. The van der Waals surface area contributed by atoms with Crippen molar-refractivity contribution in [3.63, 3.8) is 0 Å². The molecular formula is C39H79NO24. The second-order valence-electron chi connectivity index (χ2n) is 13.8. The fourth-order valence-corrected chi connectivity index (χ4v) is 5.00. The molecule has 25 nitrogen and oxygen atoms in total. The van der Waals surface area contributed by atoms with Crippen LogP contribution in [0.2, 0.25) is 0 Å². The Morgan fingerprint density at radius 3 is 0.750 bits per heavy atom. The molecule has 0 aromatic rings. The van der Waals surface area contributed by atoms with E-state index in [9.17, 15) is 45.6 Å². The molecule has 11 N–H and O–H groups in total. The standard InChI is InChI=1S/C39H79NO24/c41-29-33(45)38(51)36(49)31(43)27-40(28-32(44)37(50)39(52)34(46)30-42)2-4-54-6-8-56-10-12-58-14-16-60-18-20-62-22-24-64-26-25-63-23-21-61-19-17-59-15-13-57-11-9-55-7-5-53-3-1-35(47)48/h31-34,36-39,41-46,49-52H,1-30H2,(H,47,48)/t31-,32-,33+,34+,36+,37+,38+,39+/m1/s1. The third-order valence-electron chi connectivity index (χ3n) is 8.65. The Hall–Kier alpha value is -1.45. The largest absolute Gasteiger partial charge is 0.481 e. The molecular weight excluding hydrogens is 866 g/mol. The molecule has 0 rings (SSSR count). The Morgan fingerprint density at radius 1 is 0.328 bits per heavy atom. The normalized spacial score (nSPS) is 15.9. The van der Waals surface area contributed by atoms with Crippen LogP contribution in [0.5, 0.6) is 0 Å². The van der Waals surface area contributed by atoms with Gasteiger partial charge in [-0.2, -0.15) is 0 Å². The van der Waals surface area contributed by atoms with Crippen LogP contribution >= 0.6 is 0 Å². The molecule has 0 unspecified atom stereocenters. The van der Waals surface area contributed by atoms with E-state index in [-0.39, 0.29) is 39.4 Å². The molecule has 384 valence electrons. The first-order chi connectivity index (χ1) is 31.0. The van der Waals surface area contributed by atoms with Gasteiger partial charge >= 0.3 is 5.97 Å². The lowest BCUT2D eigenvalue weighted by Gasteiger charge is -2.33. The van der Waals surface area contributed by atoms with Gasteiger partial charge < -0.3 is 113 Å². The lowest BCUT2D eigenvalue weighted by atomic mass is 10.0. The molecule has 0 spiro atoms. The van der Waals surface area contributed by atoms with E-state index < -0.39 is 81.1 Å². The Balaban J connectivity index is 3.67. The highest BCUT2D eigenvalue weighted by Crippen LogP contribution is 2.11. The number of aliphatic hydroxyl groups is 10. The number of hydrogen-bond donors (Lipinski definition) is 11. The van der Waals surface area contributed by atoms with E-state index in [2.05, 4.69) is 0 Å². The molecule has 0 aliphatic carbocycles. The van der Waals surface area contributed by atoms with Crippen molar-refractivity contribution in [2.45, 2.75) is 55.3 Å². The molecule has 25 heteroatoms. The summed E-state index contributed by atoms with van der Waals surface area (Å²) in [7, 11) is 0. The second kappa shape index (κ2) is 45.3. The molecule has 0 heterocycles. The number of carbonyl (C=O) groups is 1. The highest BCUT2D eigenvalue weighted by molar-refractivity contribution is 5.66. The summed E-state index contributed by atoms with van der Waals surface area (Å²) in [6.07, 6.45) is -14.3. The number of nitrogens with zero attached hydrogens (tertiary/aromatic N) is 1. The Labute approximate surface area is 375 Å². The van der Waals surface area contributed by atoms with E-state index in [1.54, 1.807) is 0 Å². The maximum atomic E-state index is 10.4. The van der Waals surface area contributed by atoms with Crippen LogP contribution in [0.1, 0.15) is 6.42 Å². The third kappa shape index (κ3) is 37.6. The molecule has 0 aliphatic heterocycles. The molecule has 8 atom stereocenters. The van der Waals surface area contributed by atoms with Gasteiger partial charge in [0.2, 0.25) is 0 Å². The summed E-state index contributed by atoms with van der Waals surface area (Å²) >= 11 is 0. The van der Waals surface area contributed by atoms with Crippen LogP contribution in [0.3, 0.4) is 0 Å². The van der Waals surface area contributed by atoms with Gasteiger partial charge in [-0.3, -0.25) is 9.69 Å². The van der Waals surface area contributed by atoms with Crippen LogP contribution in [-0.4, -0.2) is 307 Å². The average molecular weight is 946 g/mol. The summed E-state index contributed by atoms with van der Waals surface area (Å²) in [6.45, 7) is 6.16. The van der Waals surface area contributed by atoms with Gasteiger partial charge in [0, 0.05) is 19.6 Å². The summed E-state index contributed by atoms with van der Waals surface area (Å²) in [5.41, 5.74) is 0. The maximum Gasteiger partial charge on any atom is 0.305 e. The van der Waals surface area contributed by atoms with Crippen LogP contribution in [0, 0.1) is 0 Å². The van der Waals surface area contributed by atoms with Crippen LogP contribution in [0.4, 0.5) is 0 Å². The number of carboxylic acid groups (broad SMARTS) is 1. The van der Waals surface area contributed by atoms with E-state index >= 15 is 0 Å². The van der Waals surface area contributed by atoms with E-state index in [1.165, 1.54) is 4.90 Å².